The van der Waals surface area contributed by atoms with Crippen LogP contribution in [0.5, 0.6) is 0 Å². The molecular weight excluding hydrogens is 252 g/mol. The van der Waals surface area contributed by atoms with Crippen LogP contribution in [-0.2, 0) is 4.74 Å². The van der Waals surface area contributed by atoms with Crippen molar-refractivity contribution in [2.24, 2.45) is 0 Å². The van der Waals surface area contributed by atoms with Gasteiger partial charge in [-0.25, -0.2) is 14.8 Å². The van der Waals surface area contributed by atoms with Crippen molar-refractivity contribution in [3.63, 3.8) is 0 Å². The highest BCUT2D eigenvalue weighted by Gasteiger charge is 2.22. The number of hydrogen-bond donors (Lipinski definition) is 0. The van der Waals surface area contributed by atoms with Gasteiger partial charge in [0, 0.05) is 5.56 Å². The Morgan fingerprint density at radius 3 is 2.50 bits per heavy atom. The fourth-order valence-electron chi connectivity index (χ4n) is 2.06. The first-order valence-corrected chi connectivity index (χ1v) is 6.72. The standard InChI is InChI=1S/C16H18N2O2/c1-4-20-16(19)13-14(11(2)3)17-10-18-15(13)12-8-6-5-7-9-12/h5-11H,4H2,1-3H3. The van der Waals surface area contributed by atoms with Gasteiger partial charge in [-0.15, -0.1) is 0 Å². The minimum absolute atomic E-state index is 0.125. The van der Waals surface area contributed by atoms with E-state index in [1.807, 2.05) is 44.2 Å². The zero-order valence-corrected chi connectivity index (χ0v) is 12.0. The number of ether oxygens (including phenoxy) is 1. The van der Waals surface area contributed by atoms with Crippen LogP contribution in [0, 0.1) is 0 Å². The molecule has 0 aliphatic rings. The molecule has 2 rings (SSSR count). The molecule has 0 spiro atoms. The number of aromatic nitrogens is 2. The topological polar surface area (TPSA) is 52.1 Å². The van der Waals surface area contributed by atoms with Gasteiger partial charge in [0.1, 0.15) is 11.9 Å². The fraction of sp³-hybridized carbons (Fsp3) is 0.312. The average Bonchev–Trinajstić information content (AvgIpc) is 2.47. The van der Waals surface area contributed by atoms with E-state index in [0.29, 0.717) is 17.9 Å². The third-order valence-corrected chi connectivity index (χ3v) is 2.95. The molecule has 4 nitrogen and oxygen atoms in total. The van der Waals surface area contributed by atoms with Gasteiger partial charge in [0.25, 0.3) is 0 Å². The minimum Gasteiger partial charge on any atom is -0.462 e. The average molecular weight is 270 g/mol. The normalized spacial score (nSPS) is 10.6. The van der Waals surface area contributed by atoms with Gasteiger partial charge >= 0.3 is 5.97 Å². The van der Waals surface area contributed by atoms with Crippen molar-refractivity contribution in [2.45, 2.75) is 26.7 Å². The Morgan fingerprint density at radius 2 is 1.90 bits per heavy atom. The van der Waals surface area contributed by atoms with E-state index >= 15 is 0 Å². The smallest absolute Gasteiger partial charge is 0.342 e. The number of rotatable bonds is 4. The summed E-state index contributed by atoms with van der Waals surface area (Å²) in [5.74, 6) is -0.240. The van der Waals surface area contributed by atoms with Crippen LogP contribution in [0.4, 0.5) is 0 Å². The van der Waals surface area contributed by atoms with Crippen molar-refractivity contribution >= 4 is 5.97 Å². The summed E-state index contributed by atoms with van der Waals surface area (Å²) in [6, 6.07) is 9.62. The lowest BCUT2D eigenvalue weighted by Gasteiger charge is -2.14. The summed E-state index contributed by atoms with van der Waals surface area (Å²) in [7, 11) is 0. The number of hydrogen-bond acceptors (Lipinski definition) is 4. The molecule has 0 saturated carbocycles. The summed E-state index contributed by atoms with van der Waals surface area (Å²) >= 11 is 0. The van der Waals surface area contributed by atoms with Gasteiger partial charge in [-0.3, -0.25) is 0 Å². The number of nitrogens with zero attached hydrogens (tertiary/aromatic N) is 2. The number of carbonyl (C=O) groups excluding carboxylic acids is 1. The zero-order valence-electron chi connectivity index (χ0n) is 12.0. The lowest BCUT2D eigenvalue weighted by atomic mass is 9.99. The first-order chi connectivity index (χ1) is 9.65. The molecule has 0 bridgehead atoms. The summed E-state index contributed by atoms with van der Waals surface area (Å²) < 4.78 is 5.16. The second-order valence-electron chi connectivity index (χ2n) is 4.72. The van der Waals surface area contributed by atoms with Crippen LogP contribution in [0.25, 0.3) is 11.3 Å². The molecule has 0 fully saturated rings. The molecule has 0 aliphatic carbocycles. The predicted molar refractivity (Wildman–Crippen MR) is 77.5 cm³/mol. The Hall–Kier alpha value is -2.23. The molecule has 20 heavy (non-hydrogen) atoms. The van der Waals surface area contributed by atoms with Gasteiger partial charge in [-0.05, 0) is 12.8 Å². The van der Waals surface area contributed by atoms with Crippen molar-refractivity contribution in [2.75, 3.05) is 6.61 Å². The predicted octanol–water partition coefficient (Wildman–Crippen LogP) is 3.44. The number of carbonyl (C=O) groups is 1. The van der Waals surface area contributed by atoms with E-state index in [1.165, 1.54) is 6.33 Å². The SMILES string of the molecule is CCOC(=O)c1c(-c2ccccc2)ncnc1C(C)C. The Labute approximate surface area is 118 Å². The van der Waals surface area contributed by atoms with Crippen molar-refractivity contribution < 1.29 is 9.53 Å². The van der Waals surface area contributed by atoms with E-state index in [0.717, 1.165) is 11.3 Å². The van der Waals surface area contributed by atoms with Gasteiger partial charge in [-0.1, -0.05) is 44.2 Å². The molecule has 1 aromatic carbocycles. The van der Waals surface area contributed by atoms with Gasteiger partial charge in [0.05, 0.1) is 18.0 Å². The van der Waals surface area contributed by atoms with Crippen LogP contribution in [-0.4, -0.2) is 22.5 Å². The Bertz CT molecular complexity index is 595. The molecule has 1 heterocycles. The molecule has 4 heteroatoms. The highest BCUT2D eigenvalue weighted by atomic mass is 16.5. The maximum Gasteiger partial charge on any atom is 0.342 e. The highest BCUT2D eigenvalue weighted by Crippen LogP contribution is 2.27. The van der Waals surface area contributed by atoms with Crippen LogP contribution >= 0.6 is 0 Å². The molecule has 0 unspecified atom stereocenters. The highest BCUT2D eigenvalue weighted by molar-refractivity contribution is 5.97. The van der Waals surface area contributed by atoms with E-state index in [1.54, 1.807) is 6.92 Å². The van der Waals surface area contributed by atoms with Crippen molar-refractivity contribution in [1.82, 2.24) is 9.97 Å². The lowest BCUT2D eigenvalue weighted by Crippen LogP contribution is -2.13. The first-order valence-electron chi connectivity index (χ1n) is 6.72. The molecule has 0 saturated heterocycles. The Morgan fingerprint density at radius 1 is 1.20 bits per heavy atom. The summed E-state index contributed by atoms with van der Waals surface area (Å²) in [5, 5.41) is 0. The summed E-state index contributed by atoms with van der Waals surface area (Å²) in [4.78, 5) is 20.8. The second-order valence-corrected chi connectivity index (χ2v) is 4.72. The molecule has 104 valence electrons. The van der Waals surface area contributed by atoms with Gasteiger partial charge < -0.3 is 4.74 Å². The minimum atomic E-state index is -0.365. The fourth-order valence-corrected chi connectivity index (χ4v) is 2.06. The summed E-state index contributed by atoms with van der Waals surface area (Å²) in [5.41, 5.74) is 2.70. The third kappa shape index (κ3) is 2.85. The van der Waals surface area contributed by atoms with Crippen LogP contribution in [0.1, 0.15) is 42.7 Å². The molecule has 2 aromatic rings. The summed E-state index contributed by atoms with van der Waals surface area (Å²) in [6.07, 6.45) is 1.50. The molecule has 0 radical (unpaired) electrons. The summed E-state index contributed by atoms with van der Waals surface area (Å²) in [6.45, 7) is 6.12. The maximum atomic E-state index is 12.3. The molecule has 0 N–H and O–H groups in total. The van der Waals surface area contributed by atoms with E-state index in [2.05, 4.69) is 9.97 Å². The lowest BCUT2D eigenvalue weighted by molar-refractivity contribution is 0.0524. The van der Waals surface area contributed by atoms with E-state index in [9.17, 15) is 4.79 Å². The van der Waals surface area contributed by atoms with E-state index < -0.39 is 0 Å². The van der Waals surface area contributed by atoms with Crippen LogP contribution in [0.2, 0.25) is 0 Å². The van der Waals surface area contributed by atoms with Crippen LogP contribution < -0.4 is 0 Å². The van der Waals surface area contributed by atoms with Gasteiger partial charge in [0.15, 0.2) is 0 Å². The van der Waals surface area contributed by atoms with Crippen molar-refractivity contribution in [3.05, 3.63) is 47.9 Å². The molecule has 0 atom stereocenters. The van der Waals surface area contributed by atoms with Crippen molar-refractivity contribution in [1.29, 1.82) is 0 Å². The van der Waals surface area contributed by atoms with Crippen LogP contribution in [0.3, 0.4) is 0 Å². The second kappa shape index (κ2) is 6.28. The van der Waals surface area contributed by atoms with Crippen LogP contribution in [0.15, 0.2) is 36.7 Å². The molecule has 0 aliphatic heterocycles. The van der Waals surface area contributed by atoms with Gasteiger partial charge in [-0.2, -0.15) is 0 Å². The largest absolute Gasteiger partial charge is 0.462 e. The first kappa shape index (κ1) is 14.2. The molecule has 0 amide bonds. The third-order valence-electron chi connectivity index (χ3n) is 2.95. The molecular formula is C16H18N2O2. The maximum absolute atomic E-state index is 12.3. The zero-order chi connectivity index (χ0) is 14.5. The Kier molecular flexibility index (Phi) is 4.45. The number of esters is 1. The quantitative estimate of drug-likeness (QED) is 0.798. The van der Waals surface area contributed by atoms with E-state index in [-0.39, 0.29) is 11.9 Å². The molecule has 1 aromatic heterocycles. The number of benzene rings is 1. The van der Waals surface area contributed by atoms with E-state index in [4.69, 9.17) is 4.74 Å². The monoisotopic (exact) mass is 270 g/mol. The van der Waals surface area contributed by atoms with Crippen molar-refractivity contribution in [3.8, 4) is 11.3 Å². The van der Waals surface area contributed by atoms with Gasteiger partial charge in [0.2, 0.25) is 0 Å². The Balaban J connectivity index is 2.62.